The quantitative estimate of drug-likeness (QED) is 0.385. The van der Waals surface area contributed by atoms with Crippen LogP contribution in [0.5, 0.6) is 11.5 Å². The van der Waals surface area contributed by atoms with E-state index in [9.17, 15) is 26.8 Å². The van der Waals surface area contributed by atoms with Gasteiger partial charge in [0.25, 0.3) is 10.0 Å². The van der Waals surface area contributed by atoms with Crippen molar-refractivity contribution < 1.29 is 36.3 Å². The Morgan fingerprint density at radius 1 is 0.897 bits per heavy atom. The van der Waals surface area contributed by atoms with E-state index < -0.39 is 46.1 Å². The van der Waals surface area contributed by atoms with E-state index in [1.165, 1.54) is 87.7 Å². The van der Waals surface area contributed by atoms with Gasteiger partial charge in [0.05, 0.1) is 24.8 Å². The summed E-state index contributed by atoms with van der Waals surface area (Å²) < 4.78 is 66.1. The molecule has 0 bridgehead atoms. The van der Waals surface area contributed by atoms with Crippen molar-refractivity contribution in [1.29, 1.82) is 0 Å². The number of carbonyl (C=O) groups is 2. The van der Waals surface area contributed by atoms with E-state index >= 15 is 0 Å². The van der Waals surface area contributed by atoms with E-state index in [-0.39, 0.29) is 22.9 Å². The van der Waals surface area contributed by atoms with Crippen molar-refractivity contribution in [2.24, 2.45) is 0 Å². The number of sulfonamides is 1. The highest BCUT2D eigenvalue weighted by molar-refractivity contribution is 7.92. The van der Waals surface area contributed by atoms with Gasteiger partial charge in [-0.05, 0) is 61.0 Å². The van der Waals surface area contributed by atoms with Gasteiger partial charge in [-0.25, -0.2) is 17.2 Å². The molecule has 1 unspecified atom stereocenters. The summed E-state index contributed by atoms with van der Waals surface area (Å²) >= 11 is 0. The van der Waals surface area contributed by atoms with Gasteiger partial charge in [0.1, 0.15) is 24.2 Å². The topological polar surface area (TPSA) is 105 Å². The van der Waals surface area contributed by atoms with Crippen molar-refractivity contribution in [1.82, 2.24) is 10.2 Å². The Labute approximate surface area is 226 Å². The van der Waals surface area contributed by atoms with Gasteiger partial charge < -0.3 is 19.7 Å². The van der Waals surface area contributed by atoms with Gasteiger partial charge in [0.15, 0.2) is 11.5 Å². The molecule has 0 aliphatic carbocycles. The largest absolute Gasteiger partial charge is 0.493 e. The number of amides is 2. The first-order valence-corrected chi connectivity index (χ1v) is 13.2. The molecule has 2 amide bonds. The Balaban J connectivity index is 2.06. The molecule has 0 spiro atoms. The molecule has 3 aromatic carbocycles. The summed E-state index contributed by atoms with van der Waals surface area (Å²) in [6.07, 6.45) is 0. The SMILES string of the molecule is CNC(=O)C(C)N(Cc1ccc(F)cc1)C(=O)CN(c1ccc(F)cc1)S(=O)(=O)c1ccc(OC)c(OC)c1. The maximum absolute atomic E-state index is 13.8. The van der Waals surface area contributed by atoms with Crippen LogP contribution in [-0.4, -0.2) is 59.0 Å². The zero-order valence-electron chi connectivity index (χ0n) is 21.9. The second kappa shape index (κ2) is 12.6. The standard InChI is InChI=1S/C27H29F2N3O6S/c1-18(27(34)30-2)31(16-19-5-7-20(28)8-6-19)26(33)17-32(22-11-9-21(29)10-12-22)39(35,36)23-13-14-24(37-3)25(15-23)38-4/h5-15,18H,16-17H2,1-4H3,(H,30,34). The van der Waals surface area contributed by atoms with Gasteiger partial charge in [-0.3, -0.25) is 13.9 Å². The molecule has 0 fully saturated rings. The Kier molecular flexibility index (Phi) is 9.47. The minimum absolute atomic E-state index is 0.0221. The van der Waals surface area contributed by atoms with Crippen molar-refractivity contribution in [2.45, 2.75) is 24.4 Å². The van der Waals surface area contributed by atoms with Gasteiger partial charge >= 0.3 is 0 Å². The molecule has 0 aliphatic heterocycles. The molecule has 12 heteroatoms. The highest BCUT2D eigenvalue weighted by Gasteiger charge is 2.33. The van der Waals surface area contributed by atoms with Crippen molar-refractivity contribution in [2.75, 3.05) is 32.1 Å². The van der Waals surface area contributed by atoms with Crippen molar-refractivity contribution in [3.63, 3.8) is 0 Å². The lowest BCUT2D eigenvalue weighted by molar-refractivity contribution is -0.139. The number of benzene rings is 3. The fourth-order valence-corrected chi connectivity index (χ4v) is 5.25. The van der Waals surface area contributed by atoms with Crippen LogP contribution in [0.1, 0.15) is 12.5 Å². The number of methoxy groups -OCH3 is 2. The summed E-state index contributed by atoms with van der Waals surface area (Å²) in [4.78, 5) is 27.1. The Morgan fingerprint density at radius 3 is 2.00 bits per heavy atom. The first-order chi connectivity index (χ1) is 18.5. The minimum Gasteiger partial charge on any atom is -0.493 e. The van der Waals surface area contributed by atoms with Crippen LogP contribution in [0.2, 0.25) is 0 Å². The number of nitrogens with one attached hydrogen (secondary N) is 1. The Hall–Kier alpha value is -4.19. The summed E-state index contributed by atoms with van der Waals surface area (Å²) in [5.74, 6) is -1.83. The third-order valence-electron chi connectivity index (χ3n) is 6.02. The van der Waals surface area contributed by atoms with Crippen molar-refractivity contribution >= 4 is 27.5 Å². The number of rotatable bonds is 11. The number of ether oxygens (including phenoxy) is 2. The van der Waals surface area contributed by atoms with Crippen LogP contribution in [0.25, 0.3) is 0 Å². The highest BCUT2D eigenvalue weighted by Crippen LogP contribution is 2.32. The maximum atomic E-state index is 13.8. The van der Waals surface area contributed by atoms with E-state index in [1.54, 1.807) is 0 Å². The third kappa shape index (κ3) is 6.82. The number of halogens is 2. The lowest BCUT2D eigenvalue weighted by Gasteiger charge is -2.31. The molecule has 39 heavy (non-hydrogen) atoms. The van der Waals surface area contributed by atoms with Gasteiger partial charge in [0.2, 0.25) is 11.8 Å². The molecule has 3 aromatic rings. The zero-order valence-corrected chi connectivity index (χ0v) is 22.7. The average molecular weight is 562 g/mol. The van der Waals surface area contributed by atoms with E-state index in [0.717, 1.165) is 16.4 Å². The molecule has 0 saturated heterocycles. The summed E-state index contributed by atoms with van der Waals surface area (Å²) in [5.41, 5.74) is 0.547. The monoisotopic (exact) mass is 561 g/mol. The smallest absolute Gasteiger partial charge is 0.264 e. The predicted molar refractivity (Wildman–Crippen MR) is 141 cm³/mol. The first kappa shape index (κ1) is 29.4. The molecule has 0 saturated carbocycles. The average Bonchev–Trinajstić information content (AvgIpc) is 2.94. The van der Waals surface area contributed by atoms with Crippen LogP contribution in [-0.2, 0) is 26.2 Å². The molecule has 1 atom stereocenters. The molecule has 3 rings (SSSR count). The van der Waals surface area contributed by atoms with Crippen LogP contribution in [0.4, 0.5) is 14.5 Å². The number of carbonyl (C=O) groups excluding carboxylic acids is 2. The van der Waals surface area contributed by atoms with Gasteiger partial charge in [-0.1, -0.05) is 12.1 Å². The lowest BCUT2D eigenvalue weighted by atomic mass is 10.1. The van der Waals surface area contributed by atoms with Crippen LogP contribution in [0.15, 0.2) is 71.6 Å². The molecule has 0 aromatic heterocycles. The molecule has 0 radical (unpaired) electrons. The fourth-order valence-electron chi connectivity index (χ4n) is 3.82. The molecular formula is C27H29F2N3O6S. The highest BCUT2D eigenvalue weighted by atomic mass is 32.2. The molecule has 0 aliphatic rings. The molecule has 208 valence electrons. The number of hydrogen-bond donors (Lipinski definition) is 1. The molecule has 0 heterocycles. The van der Waals surface area contributed by atoms with E-state index in [0.29, 0.717) is 11.3 Å². The molecule has 1 N–H and O–H groups in total. The van der Waals surface area contributed by atoms with Gasteiger partial charge in [0, 0.05) is 19.7 Å². The summed E-state index contributed by atoms with van der Waals surface area (Å²) in [6.45, 7) is 0.678. The second-order valence-electron chi connectivity index (χ2n) is 8.44. The van der Waals surface area contributed by atoms with Crippen LogP contribution >= 0.6 is 0 Å². The Morgan fingerprint density at radius 2 is 1.46 bits per heavy atom. The van der Waals surface area contributed by atoms with Gasteiger partial charge in [-0.15, -0.1) is 0 Å². The summed E-state index contributed by atoms with van der Waals surface area (Å²) in [5, 5.41) is 2.47. The van der Waals surface area contributed by atoms with Crippen LogP contribution < -0.4 is 19.1 Å². The summed E-state index contributed by atoms with van der Waals surface area (Å²) in [6, 6.07) is 12.9. The maximum Gasteiger partial charge on any atom is 0.264 e. The predicted octanol–water partition coefficient (Wildman–Crippen LogP) is 3.34. The number of likely N-dealkylation sites (N-methyl/N-ethyl adjacent to an activating group) is 1. The van der Waals surface area contributed by atoms with Crippen LogP contribution in [0, 0.1) is 11.6 Å². The molecular weight excluding hydrogens is 532 g/mol. The second-order valence-corrected chi connectivity index (χ2v) is 10.3. The van der Waals surface area contributed by atoms with Crippen LogP contribution in [0.3, 0.4) is 0 Å². The van der Waals surface area contributed by atoms with Crippen molar-refractivity contribution in [3.05, 3.63) is 83.9 Å². The Bertz CT molecular complexity index is 1420. The summed E-state index contributed by atoms with van der Waals surface area (Å²) in [7, 11) is -0.245. The van der Waals surface area contributed by atoms with E-state index in [2.05, 4.69) is 5.32 Å². The van der Waals surface area contributed by atoms with E-state index in [1.807, 2.05) is 0 Å². The third-order valence-corrected chi connectivity index (χ3v) is 7.79. The minimum atomic E-state index is -4.41. The fraction of sp³-hybridized carbons (Fsp3) is 0.259. The normalized spacial score (nSPS) is 11.8. The van der Waals surface area contributed by atoms with E-state index in [4.69, 9.17) is 9.47 Å². The number of hydrogen-bond acceptors (Lipinski definition) is 6. The zero-order chi connectivity index (χ0) is 28.7. The van der Waals surface area contributed by atoms with Crippen molar-refractivity contribution in [3.8, 4) is 11.5 Å². The van der Waals surface area contributed by atoms with Gasteiger partial charge in [-0.2, -0.15) is 0 Å². The number of anilines is 1. The lowest BCUT2D eigenvalue weighted by Crippen LogP contribution is -2.50. The number of nitrogens with zero attached hydrogens (tertiary/aromatic N) is 2. The molecule has 9 nitrogen and oxygen atoms in total. The first-order valence-electron chi connectivity index (χ1n) is 11.8.